The maximum absolute atomic E-state index is 12.3. The molecule has 0 spiro atoms. The van der Waals surface area contributed by atoms with Gasteiger partial charge in [-0.15, -0.1) is 0 Å². The second-order valence-corrected chi connectivity index (χ2v) is 5.85. The molecule has 1 atom stereocenters. The number of rotatable bonds is 5. The van der Waals surface area contributed by atoms with Crippen LogP contribution in [0.25, 0.3) is 0 Å². The third kappa shape index (κ3) is 4.53. The van der Waals surface area contributed by atoms with Crippen molar-refractivity contribution in [3.8, 4) is 11.5 Å². The van der Waals surface area contributed by atoms with E-state index in [9.17, 15) is 4.79 Å². The standard InChI is InChI=1S/C17H17Cl2NO3/c1-10-8-13(5-6-14(10)19)23-11(2)17(21)20-15-9-12(18)4-7-16(15)22-3/h4-9,11H,1-3H3,(H,20,21). The van der Waals surface area contributed by atoms with Gasteiger partial charge in [-0.1, -0.05) is 23.2 Å². The molecule has 0 heterocycles. The highest BCUT2D eigenvalue weighted by molar-refractivity contribution is 6.31. The second kappa shape index (κ2) is 7.57. The first-order valence-electron chi connectivity index (χ1n) is 6.98. The number of halogens is 2. The smallest absolute Gasteiger partial charge is 0.265 e. The predicted molar refractivity (Wildman–Crippen MR) is 92.9 cm³/mol. The normalized spacial score (nSPS) is 11.7. The Labute approximate surface area is 145 Å². The second-order valence-electron chi connectivity index (χ2n) is 5.00. The van der Waals surface area contributed by atoms with Crippen LogP contribution in [-0.2, 0) is 4.79 Å². The van der Waals surface area contributed by atoms with E-state index >= 15 is 0 Å². The van der Waals surface area contributed by atoms with E-state index < -0.39 is 6.10 Å². The van der Waals surface area contributed by atoms with Crippen LogP contribution in [0.5, 0.6) is 11.5 Å². The predicted octanol–water partition coefficient (Wildman–Crippen LogP) is 4.72. The topological polar surface area (TPSA) is 47.6 Å². The quantitative estimate of drug-likeness (QED) is 0.845. The highest BCUT2D eigenvalue weighted by Crippen LogP contribution is 2.28. The fourth-order valence-electron chi connectivity index (χ4n) is 1.96. The number of ether oxygens (including phenoxy) is 2. The molecule has 1 unspecified atom stereocenters. The maximum atomic E-state index is 12.3. The fourth-order valence-corrected chi connectivity index (χ4v) is 2.25. The highest BCUT2D eigenvalue weighted by atomic mass is 35.5. The van der Waals surface area contributed by atoms with Gasteiger partial charge in [0.1, 0.15) is 11.5 Å². The lowest BCUT2D eigenvalue weighted by Crippen LogP contribution is -2.30. The van der Waals surface area contributed by atoms with E-state index in [2.05, 4.69) is 5.32 Å². The highest BCUT2D eigenvalue weighted by Gasteiger charge is 2.17. The lowest BCUT2D eigenvalue weighted by atomic mass is 10.2. The minimum absolute atomic E-state index is 0.307. The first-order chi connectivity index (χ1) is 10.9. The van der Waals surface area contributed by atoms with E-state index in [4.69, 9.17) is 32.7 Å². The minimum atomic E-state index is -0.695. The van der Waals surface area contributed by atoms with Crippen LogP contribution in [-0.4, -0.2) is 19.1 Å². The van der Waals surface area contributed by atoms with Crippen LogP contribution in [0, 0.1) is 6.92 Å². The zero-order chi connectivity index (χ0) is 17.0. The van der Waals surface area contributed by atoms with Gasteiger partial charge in [0.05, 0.1) is 12.8 Å². The summed E-state index contributed by atoms with van der Waals surface area (Å²) in [6.45, 7) is 3.53. The van der Waals surface area contributed by atoms with Gasteiger partial charge in [-0.25, -0.2) is 0 Å². The van der Waals surface area contributed by atoms with Gasteiger partial charge < -0.3 is 14.8 Å². The van der Waals surface area contributed by atoms with E-state index in [1.165, 1.54) is 7.11 Å². The van der Waals surface area contributed by atoms with Crippen molar-refractivity contribution in [2.75, 3.05) is 12.4 Å². The average Bonchev–Trinajstić information content (AvgIpc) is 2.51. The summed E-state index contributed by atoms with van der Waals surface area (Å²) in [5.74, 6) is 0.795. The van der Waals surface area contributed by atoms with E-state index in [1.807, 2.05) is 6.92 Å². The molecule has 0 fully saturated rings. The molecule has 0 aliphatic rings. The number of amides is 1. The van der Waals surface area contributed by atoms with Gasteiger partial charge in [-0.2, -0.15) is 0 Å². The van der Waals surface area contributed by atoms with Gasteiger partial charge in [0.2, 0.25) is 0 Å². The summed E-state index contributed by atoms with van der Waals surface area (Å²) in [5, 5.41) is 3.90. The summed E-state index contributed by atoms with van der Waals surface area (Å²) < 4.78 is 10.8. The van der Waals surface area contributed by atoms with Crippen LogP contribution < -0.4 is 14.8 Å². The number of nitrogens with one attached hydrogen (secondary N) is 1. The summed E-state index contributed by atoms with van der Waals surface area (Å²) in [4.78, 5) is 12.3. The molecular weight excluding hydrogens is 337 g/mol. The van der Waals surface area contributed by atoms with Crippen molar-refractivity contribution in [3.63, 3.8) is 0 Å². The monoisotopic (exact) mass is 353 g/mol. The van der Waals surface area contributed by atoms with Gasteiger partial charge in [-0.3, -0.25) is 4.79 Å². The Hall–Kier alpha value is -1.91. The van der Waals surface area contributed by atoms with Gasteiger partial charge in [0, 0.05) is 10.0 Å². The van der Waals surface area contributed by atoms with Gasteiger partial charge in [0.25, 0.3) is 5.91 Å². The number of anilines is 1. The number of aryl methyl sites for hydroxylation is 1. The van der Waals surface area contributed by atoms with E-state index in [-0.39, 0.29) is 5.91 Å². The van der Waals surface area contributed by atoms with Gasteiger partial charge in [0.15, 0.2) is 6.10 Å². The Kier molecular flexibility index (Phi) is 5.74. The van der Waals surface area contributed by atoms with Crippen LogP contribution >= 0.6 is 23.2 Å². The molecule has 23 heavy (non-hydrogen) atoms. The van der Waals surface area contributed by atoms with Crippen molar-refractivity contribution in [2.24, 2.45) is 0 Å². The van der Waals surface area contributed by atoms with Crippen molar-refractivity contribution >= 4 is 34.8 Å². The summed E-state index contributed by atoms with van der Waals surface area (Å²) >= 11 is 11.9. The van der Waals surface area contributed by atoms with Crippen molar-refractivity contribution < 1.29 is 14.3 Å². The molecule has 2 aromatic carbocycles. The molecule has 0 bridgehead atoms. The molecular formula is C17H17Cl2NO3. The Morgan fingerprint density at radius 3 is 2.57 bits per heavy atom. The van der Waals surface area contributed by atoms with Crippen LogP contribution in [0.2, 0.25) is 10.0 Å². The molecule has 0 aromatic heterocycles. The van der Waals surface area contributed by atoms with Crippen molar-refractivity contribution in [1.82, 2.24) is 0 Å². The van der Waals surface area contributed by atoms with Crippen LogP contribution in [0.1, 0.15) is 12.5 Å². The number of hydrogen-bond acceptors (Lipinski definition) is 3. The zero-order valence-corrected chi connectivity index (χ0v) is 14.5. The van der Waals surface area contributed by atoms with Gasteiger partial charge in [-0.05, 0) is 55.8 Å². The molecule has 2 aromatic rings. The zero-order valence-electron chi connectivity index (χ0n) is 13.0. The Morgan fingerprint density at radius 1 is 1.17 bits per heavy atom. The molecule has 2 rings (SSSR count). The SMILES string of the molecule is COc1ccc(Cl)cc1NC(=O)C(C)Oc1ccc(Cl)c(C)c1. The summed E-state index contributed by atoms with van der Waals surface area (Å²) in [5.41, 5.74) is 1.38. The van der Waals surface area contributed by atoms with E-state index in [0.717, 1.165) is 5.56 Å². The summed E-state index contributed by atoms with van der Waals surface area (Å²) in [7, 11) is 1.52. The largest absolute Gasteiger partial charge is 0.495 e. The first-order valence-corrected chi connectivity index (χ1v) is 7.73. The average molecular weight is 354 g/mol. The molecule has 6 heteroatoms. The Morgan fingerprint density at radius 2 is 1.91 bits per heavy atom. The molecule has 0 saturated carbocycles. The van der Waals surface area contributed by atoms with Gasteiger partial charge >= 0.3 is 0 Å². The number of benzene rings is 2. The number of hydrogen-bond donors (Lipinski definition) is 1. The van der Waals surface area contributed by atoms with Crippen LogP contribution in [0.4, 0.5) is 5.69 Å². The lowest BCUT2D eigenvalue weighted by Gasteiger charge is -2.16. The summed E-state index contributed by atoms with van der Waals surface area (Å²) in [6.07, 6.45) is -0.695. The molecule has 122 valence electrons. The maximum Gasteiger partial charge on any atom is 0.265 e. The minimum Gasteiger partial charge on any atom is -0.495 e. The number of carbonyl (C=O) groups is 1. The van der Waals surface area contributed by atoms with Crippen molar-refractivity contribution in [2.45, 2.75) is 20.0 Å². The molecule has 4 nitrogen and oxygen atoms in total. The molecule has 0 saturated heterocycles. The third-order valence-corrected chi connectivity index (χ3v) is 3.89. The van der Waals surface area contributed by atoms with Crippen molar-refractivity contribution in [3.05, 3.63) is 52.0 Å². The van der Waals surface area contributed by atoms with E-state index in [0.29, 0.717) is 27.2 Å². The van der Waals surface area contributed by atoms with Crippen LogP contribution in [0.3, 0.4) is 0 Å². The number of carbonyl (C=O) groups excluding carboxylic acids is 1. The third-order valence-electron chi connectivity index (χ3n) is 3.23. The van der Waals surface area contributed by atoms with Crippen molar-refractivity contribution in [1.29, 1.82) is 0 Å². The number of methoxy groups -OCH3 is 1. The van der Waals surface area contributed by atoms with E-state index in [1.54, 1.807) is 43.3 Å². The first kappa shape index (κ1) is 17.4. The molecule has 0 radical (unpaired) electrons. The Bertz CT molecular complexity index is 719. The fraction of sp³-hybridized carbons (Fsp3) is 0.235. The molecule has 0 aliphatic heterocycles. The lowest BCUT2D eigenvalue weighted by molar-refractivity contribution is -0.122. The molecule has 1 N–H and O–H groups in total. The Balaban J connectivity index is 2.08. The summed E-state index contributed by atoms with van der Waals surface area (Å²) in [6, 6.07) is 10.2. The van der Waals surface area contributed by atoms with Crippen LogP contribution in [0.15, 0.2) is 36.4 Å². The molecule has 1 amide bonds. The molecule has 0 aliphatic carbocycles.